The molecule has 1 aromatic carbocycles. The largest absolute Gasteiger partial charge is 0.356 e. The van der Waals surface area contributed by atoms with Crippen molar-refractivity contribution in [3.63, 3.8) is 0 Å². The maximum absolute atomic E-state index is 5.10. The highest BCUT2D eigenvalue weighted by atomic mass is 16.6. The number of hydroxylamine groups is 1. The molecule has 0 radical (unpaired) electrons. The van der Waals surface area contributed by atoms with E-state index < -0.39 is 0 Å². The molecule has 0 atom stereocenters. The summed E-state index contributed by atoms with van der Waals surface area (Å²) in [6, 6.07) is 7.73. The van der Waals surface area contributed by atoms with Crippen molar-refractivity contribution in [2.45, 2.75) is 6.54 Å². The maximum Gasteiger partial charge on any atom is 0.167 e. The molecule has 0 spiro atoms. The van der Waals surface area contributed by atoms with Crippen LogP contribution in [0.25, 0.3) is 11.0 Å². The Morgan fingerprint density at radius 3 is 3.15 bits per heavy atom. The van der Waals surface area contributed by atoms with Crippen LogP contribution in [0.3, 0.4) is 0 Å². The summed E-state index contributed by atoms with van der Waals surface area (Å²) >= 11 is 0. The smallest absolute Gasteiger partial charge is 0.167 e. The number of fused-ring (bicyclic) bond motifs is 1. The molecule has 1 N–H and O–H groups in total. The van der Waals surface area contributed by atoms with Crippen molar-refractivity contribution in [1.82, 2.24) is 10.6 Å². The van der Waals surface area contributed by atoms with E-state index in [9.17, 15) is 0 Å². The lowest BCUT2D eigenvalue weighted by molar-refractivity contribution is 0.0853. The molecule has 0 aliphatic heterocycles. The standard InChI is InChI=1S/C9H10N2O2/c1-12-10-6-8-7-4-2-3-5-9(7)13-11-8/h2-5,10H,6H2,1H3. The average molecular weight is 178 g/mol. The summed E-state index contributed by atoms with van der Waals surface area (Å²) in [6.07, 6.45) is 0. The van der Waals surface area contributed by atoms with Gasteiger partial charge >= 0.3 is 0 Å². The van der Waals surface area contributed by atoms with Crippen molar-refractivity contribution in [3.05, 3.63) is 30.0 Å². The van der Waals surface area contributed by atoms with Gasteiger partial charge in [-0.05, 0) is 12.1 Å². The zero-order valence-electron chi connectivity index (χ0n) is 7.28. The minimum Gasteiger partial charge on any atom is -0.356 e. The third kappa shape index (κ3) is 1.54. The Labute approximate surface area is 75.4 Å². The van der Waals surface area contributed by atoms with Gasteiger partial charge in [0.15, 0.2) is 5.58 Å². The fraction of sp³-hybridized carbons (Fsp3) is 0.222. The Balaban J connectivity index is 2.35. The molecule has 0 bridgehead atoms. The Morgan fingerprint density at radius 2 is 2.31 bits per heavy atom. The molecule has 68 valence electrons. The second kappa shape index (κ2) is 3.55. The third-order valence-electron chi connectivity index (χ3n) is 1.84. The minimum atomic E-state index is 0.549. The Bertz CT molecular complexity index is 397. The number of nitrogens with one attached hydrogen (secondary N) is 1. The number of rotatable bonds is 3. The lowest BCUT2D eigenvalue weighted by atomic mass is 10.2. The van der Waals surface area contributed by atoms with Gasteiger partial charge in [-0.15, -0.1) is 0 Å². The second-order valence-electron chi connectivity index (χ2n) is 2.65. The fourth-order valence-electron chi connectivity index (χ4n) is 1.21. The van der Waals surface area contributed by atoms with Gasteiger partial charge in [0.1, 0.15) is 5.69 Å². The molecule has 0 fully saturated rings. The van der Waals surface area contributed by atoms with E-state index in [1.54, 1.807) is 7.11 Å². The first-order valence-electron chi connectivity index (χ1n) is 4.01. The first-order valence-corrected chi connectivity index (χ1v) is 4.01. The number of aromatic nitrogens is 1. The lowest BCUT2D eigenvalue weighted by Gasteiger charge is -1.96. The Morgan fingerprint density at radius 1 is 1.46 bits per heavy atom. The quantitative estimate of drug-likeness (QED) is 0.723. The SMILES string of the molecule is CONCc1noc2ccccc12. The van der Waals surface area contributed by atoms with Crippen molar-refractivity contribution in [2.75, 3.05) is 7.11 Å². The summed E-state index contributed by atoms with van der Waals surface area (Å²) in [5.74, 6) is 0. The Hall–Kier alpha value is -1.39. The van der Waals surface area contributed by atoms with E-state index in [0.29, 0.717) is 6.54 Å². The molecule has 2 aromatic rings. The molecule has 0 aliphatic carbocycles. The highest BCUT2D eigenvalue weighted by Crippen LogP contribution is 2.17. The van der Waals surface area contributed by atoms with Crippen LogP contribution < -0.4 is 5.48 Å². The van der Waals surface area contributed by atoms with Crippen LogP contribution >= 0.6 is 0 Å². The summed E-state index contributed by atoms with van der Waals surface area (Å²) in [6.45, 7) is 0.549. The second-order valence-corrected chi connectivity index (χ2v) is 2.65. The molecule has 0 saturated carbocycles. The van der Waals surface area contributed by atoms with Crippen LogP contribution in [0.1, 0.15) is 5.69 Å². The van der Waals surface area contributed by atoms with E-state index in [1.165, 1.54) is 0 Å². The van der Waals surface area contributed by atoms with Gasteiger partial charge < -0.3 is 9.36 Å². The predicted molar refractivity (Wildman–Crippen MR) is 47.9 cm³/mol. The normalized spacial score (nSPS) is 10.8. The van der Waals surface area contributed by atoms with Crippen molar-refractivity contribution >= 4 is 11.0 Å². The van der Waals surface area contributed by atoms with Gasteiger partial charge in [-0.3, -0.25) is 0 Å². The topological polar surface area (TPSA) is 47.3 Å². The lowest BCUT2D eigenvalue weighted by Crippen LogP contribution is -2.10. The van der Waals surface area contributed by atoms with Crippen LogP contribution in [0.2, 0.25) is 0 Å². The van der Waals surface area contributed by atoms with Gasteiger partial charge in [-0.1, -0.05) is 17.3 Å². The van der Waals surface area contributed by atoms with Crippen LogP contribution in [0.5, 0.6) is 0 Å². The number of para-hydroxylation sites is 1. The highest BCUT2D eigenvalue weighted by molar-refractivity contribution is 5.79. The molecule has 0 aliphatic rings. The summed E-state index contributed by atoms with van der Waals surface area (Å²) in [5, 5.41) is 4.94. The fourth-order valence-corrected chi connectivity index (χ4v) is 1.21. The molecule has 0 amide bonds. The van der Waals surface area contributed by atoms with E-state index in [2.05, 4.69) is 10.6 Å². The van der Waals surface area contributed by atoms with Crippen molar-refractivity contribution in [3.8, 4) is 0 Å². The van der Waals surface area contributed by atoms with E-state index in [1.807, 2.05) is 24.3 Å². The molecule has 1 aromatic heterocycles. The summed E-state index contributed by atoms with van der Waals surface area (Å²) in [7, 11) is 1.57. The van der Waals surface area contributed by atoms with E-state index in [-0.39, 0.29) is 0 Å². The van der Waals surface area contributed by atoms with Crippen LogP contribution in [0.15, 0.2) is 28.8 Å². The van der Waals surface area contributed by atoms with Crippen molar-refractivity contribution < 1.29 is 9.36 Å². The summed E-state index contributed by atoms with van der Waals surface area (Å²) in [4.78, 5) is 4.73. The maximum atomic E-state index is 5.10. The number of nitrogens with zero attached hydrogens (tertiary/aromatic N) is 1. The van der Waals surface area contributed by atoms with Crippen LogP contribution in [0.4, 0.5) is 0 Å². The van der Waals surface area contributed by atoms with Gasteiger partial charge in [0.2, 0.25) is 0 Å². The van der Waals surface area contributed by atoms with Gasteiger partial charge in [0, 0.05) is 5.39 Å². The van der Waals surface area contributed by atoms with Crippen molar-refractivity contribution in [1.29, 1.82) is 0 Å². The molecular formula is C9H10N2O2. The number of hydrogen-bond donors (Lipinski definition) is 1. The van der Waals surface area contributed by atoms with Gasteiger partial charge in [0.05, 0.1) is 13.7 Å². The minimum absolute atomic E-state index is 0.549. The average Bonchev–Trinajstić information content (AvgIpc) is 2.58. The Kier molecular flexibility index (Phi) is 2.25. The predicted octanol–water partition coefficient (Wildman–Crippen LogP) is 1.48. The monoisotopic (exact) mass is 178 g/mol. The summed E-state index contributed by atoms with van der Waals surface area (Å²) < 4.78 is 5.10. The van der Waals surface area contributed by atoms with Crippen LogP contribution in [-0.4, -0.2) is 12.3 Å². The zero-order chi connectivity index (χ0) is 9.10. The van der Waals surface area contributed by atoms with Crippen LogP contribution in [0, 0.1) is 0 Å². The summed E-state index contributed by atoms with van der Waals surface area (Å²) in [5.41, 5.74) is 4.38. The molecule has 2 rings (SSSR count). The molecule has 4 heteroatoms. The molecule has 0 unspecified atom stereocenters. The highest BCUT2D eigenvalue weighted by Gasteiger charge is 2.05. The number of benzene rings is 1. The number of hydrogen-bond acceptors (Lipinski definition) is 4. The molecular weight excluding hydrogens is 168 g/mol. The van der Waals surface area contributed by atoms with E-state index >= 15 is 0 Å². The first-order chi connectivity index (χ1) is 6.42. The van der Waals surface area contributed by atoms with E-state index in [4.69, 9.17) is 9.36 Å². The molecule has 4 nitrogen and oxygen atoms in total. The zero-order valence-corrected chi connectivity index (χ0v) is 7.28. The van der Waals surface area contributed by atoms with Gasteiger partial charge in [0.25, 0.3) is 0 Å². The molecule has 1 heterocycles. The first kappa shape index (κ1) is 8.22. The molecule has 0 saturated heterocycles. The third-order valence-corrected chi connectivity index (χ3v) is 1.84. The van der Waals surface area contributed by atoms with Crippen LogP contribution in [-0.2, 0) is 11.4 Å². The van der Waals surface area contributed by atoms with Gasteiger partial charge in [-0.2, -0.15) is 5.48 Å². The molecule has 13 heavy (non-hydrogen) atoms. The van der Waals surface area contributed by atoms with Crippen molar-refractivity contribution in [2.24, 2.45) is 0 Å². The van der Waals surface area contributed by atoms with Gasteiger partial charge in [-0.25, -0.2) is 0 Å². The van der Waals surface area contributed by atoms with E-state index in [0.717, 1.165) is 16.7 Å².